The maximum Gasteiger partial charge on any atom is 0.402 e. The van der Waals surface area contributed by atoms with E-state index in [0.717, 1.165) is 24.3 Å². The third kappa shape index (κ3) is 5.87. The van der Waals surface area contributed by atoms with Gasteiger partial charge in [-0.05, 0) is 36.4 Å². The number of rotatable bonds is 6. The number of hydrogen-bond donors (Lipinski definition) is 2. The van der Waals surface area contributed by atoms with Crippen molar-refractivity contribution in [2.75, 3.05) is 11.3 Å². The lowest BCUT2D eigenvalue weighted by molar-refractivity contribution is -0.121. The molecule has 0 fully saturated rings. The highest BCUT2D eigenvalue weighted by Gasteiger charge is 2.30. The first-order chi connectivity index (χ1) is 12.3. The Labute approximate surface area is 151 Å². The monoisotopic (exact) mass is 430 g/mol. The molecule has 13 heteroatoms. The van der Waals surface area contributed by atoms with Crippen LogP contribution in [0.15, 0.2) is 52.3 Å². The zero-order valence-corrected chi connectivity index (χ0v) is 14.7. The van der Waals surface area contributed by atoms with Crippen LogP contribution in [0.2, 0.25) is 0 Å². The van der Waals surface area contributed by atoms with Crippen LogP contribution in [0.5, 0.6) is 0 Å². The molecule has 0 aliphatic carbocycles. The highest BCUT2D eigenvalue weighted by molar-refractivity contribution is 7.92. The minimum Gasteiger partial charge on any atom is -0.280 e. The molecular formula is C14H11F5N2O4S2. The number of halogens is 5. The van der Waals surface area contributed by atoms with E-state index in [2.05, 4.69) is 0 Å². The molecule has 0 aliphatic heterocycles. The number of hydrogen-bond acceptors (Lipinski definition) is 4. The van der Waals surface area contributed by atoms with Crippen molar-refractivity contribution in [1.29, 1.82) is 0 Å². The second-order valence-corrected chi connectivity index (χ2v) is 8.62. The lowest BCUT2D eigenvalue weighted by atomic mass is 10.3. The van der Waals surface area contributed by atoms with Crippen LogP contribution < -0.4 is 9.44 Å². The molecule has 2 aromatic rings. The molecule has 0 bridgehead atoms. The van der Waals surface area contributed by atoms with Gasteiger partial charge in [-0.15, -0.1) is 0 Å². The number of nitrogens with one attached hydrogen (secondary N) is 2. The summed E-state index contributed by atoms with van der Waals surface area (Å²) in [5.41, 5.74) is -0.172. The molecule has 2 aromatic carbocycles. The zero-order valence-electron chi connectivity index (χ0n) is 13.1. The van der Waals surface area contributed by atoms with E-state index in [1.807, 2.05) is 4.72 Å². The molecule has 0 radical (unpaired) electrons. The van der Waals surface area contributed by atoms with Gasteiger partial charge in [0.2, 0.25) is 10.0 Å². The van der Waals surface area contributed by atoms with Crippen LogP contribution >= 0.6 is 0 Å². The Morgan fingerprint density at radius 2 is 1.30 bits per heavy atom. The fourth-order valence-electron chi connectivity index (χ4n) is 1.86. The van der Waals surface area contributed by atoms with Crippen molar-refractivity contribution in [3.63, 3.8) is 0 Å². The van der Waals surface area contributed by atoms with Gasteiger partial charge >= 0.3 is 6.18 Å². The molecule has 0 heterocycles. The van der Waals surface area contributed by atoms with E-state index in [0.29, 0.717) is 18.2 Å². The summed E-state index contributed by atoms with van der Waals surface area (Å²) in [5.74, 6) is -2.24. The predicted molar refractivity (Wildman–Crippen MR) is 84.9 cm³/mol. The van der Waals surface area contributed by atoms with Gasteiger partial charge in [-0.2, -0.15) is 13.2 Å². The Morgan fingerprint density at radius 3 is 1.78 bits per heavy atom. The maximum absolute atomic E-state index is 13.2. The summed E-state index contributed by atoms with van der Waals surface area (Å²) < 4.78 is 114. The molecule has 2 N–H and O–H groups in total. The third-order valence-corrected chi connectivity index (χ3v) is 5.80. The highest BCUT2D eigenvalue weighted by atomic mass is 32.2. The number of anilines is 1. The summed E-state index contributed by atoms with van der Waals surface area (Å²) in [6, 6.07) is 5.29. The van der Waals surface area contributed by atoms with Gasteiger partial charge in [-0.1, -0.05) is 0 Å². The maximum atomic E-state index is 13.2. The van der Waals surface area contributed by atoms with E-state index >= 15 is 0 Å². The second kappa shape index (κ2) is 7.40. The lowest BCUT2D eigenvalue weighted by Crippen LogP contribution is -2.33. The van der Waals surface area contributed by atoms with Crippen molar-refractivity contribution in [1.82, 2.24) is 4.72 Å². The van der Waals surface area contributed by atoms with Crippen LogP contribution in [0.3, 0.4) is 0 Å². The van der Waals surface area contributed by atoms with Crippen LogP contribution in [0.1, 0.15) is 0 Å². The smallest absolute Gasteiger partial charge is 0.280 e. The number of alkyl halides is 3. The molecule has 0 aliphatic rings. The van der Waals surface area contributed by atoms with Gasteiger partial charge < -0.3 is 0 Å². The first kappa shape index (κ1) is 21.1. The Bertz CT molecular complexity index is 1020. The molecule has 2 rings (SSSR count). The van der Waals surface area contributed by atoms with Crippen LogP contribution in [0, 0.1) is 11.6 Å². The standard InChI is InChI=1S/C14H11F5N2O4S2/c15-9-5-10(16)7-13(6-9)27(24,25)21-11-1-3-12(4-2-11)26(22,23)20-8-14(17,18)19/h1-7,20-21H,8H2. The summed E-state index contributed by atoms with van der Waals surface area (Å²) in [4.78, 5) is -1.24. The van der Waals surface area contributed by atoms with Crippen LogP contribution in [0.4, 0.5) is 27.6 Å². The molecule has 0 aromatic heterocycles. The second-order valence-electron chi connectivity index (χ2n) is 5.17. The first-order valence-corrected chi connectivity index (χ1v) is 9.90. The molecule has 0 unspecified atom stereocenters. The van der Waals surface area contributed by atoms with Gasteiger partial charge in [0.15, 0.2) is 0 Å². The third-order valence-electron chi connectivity index (χ3n) is 3.03. The average Bonchev–Trinajstić information content (AvgIpc) is 2.52. The van der Waals surface area contributed by atoms with Crippen molar-refractivity contribution < 1.29 is 38.8 Å². The Morgan fingerprint density at radius 1 is 0.778 bits per heavy atom. The number of sulfonamides is 2. The van der Waals surface area contributed by atoms with E-state index < -0.39 is 54.2 Å². The number of benzene rings is 2. The van der Waals surface area contributed by atoms with Crippen molar-refractivity contribution in [3.05, 3.63) is 54.1 Å². The quantitative estimate of drug-likeness (QED) is 0.690. The van der Waals surface area contributed by atoms with Gasteiger partial charge in [-0.25, -0.2) is 30.3 Å². The fourth-order valence-corrected chi connectivity index (χ4v) is 3.97. The lowest BCUT2D eigenvalue weighted by Gasteiger charge is -2.11. The van der Waals surface area contributed by atoms with Gasteiger partial charge in [-0.3, -0.25) is 4.72 Å². The zero-order chi connectivity index (χ0) is 20.5. The minimum absolute atomic E-state index is 0.172. The summed E-state index contributed by atoms with van der Waals surface area (Å²) in [7, 11) is -8.84. The van der Waals surface area contributed by atoms with Gasteiger partial charge in [0.05, 0.1) is 9.79 Å². The van der Waals surface area contributed by atoms with E-state index in [-0.39, 0.29) is 5.69 Å². The van der Waals surface area contributed by atoms with Crippen molar-refractivity contribution in [2.45, 2.75) is 16.0 Å². The van der Waals surface area contributed by atoms with Gasteiger partial charge in [0.1, 0.15) is 18.2 Å². The van der Waals surface area contributed by atoms with Crippen molar-refractivity contribution >= 4 is 25.7 Å². The Balaban J connectivity index is 2.20. The fraction of sp³-hybridized carbons (Fsp3) is 0.143. The molecule has 27 heavy (non-hydrogen) atoms. The molecule has 0 spiro atoms. The molecule has 0 atom stereocenters. The summed E-state index contributed by atoms with van der Waals surface area (Å²) in [5, 5.41) is 0. The molecule has 148 valence electrons. The average molecular weight is 430 g/mol. The largest absolute Gasteiger partial charge is 0.402 e. The first-order valence-electron chi connectivity index (χ1n) is 6.94. The van der Waals surface area contributed by atoms with Gasteiger partial charge in [0, 0.05) is 11.8 Å². The summed E-state index contributed by atoms with van der Waals surface area (Å²) >= 11 is 0. The molecule has 0 saturated heterocycles. The van der Waals surface area contributed by atoms with E-state index in [1.165, 1.54) is 4.72 Å². The van der Waals surface area contributed by atoms with Crippen LogP contribution in [-0.4, -0.2) is 29.6 Å². The molecule has 6 nitrogen and oxygen atoms in total. The van der Waals surface area contributed by atoms with Crippen molar-refractivity contribution in [3.8, 4) is 0 Å². The SMILES string of the molecule is O=S(=O)(NCC(F)(F)F)c1ccc(NS(=O)(=O)c2cc(F)cc(F)c2)cc1. The van der Waals surface area contributed by atoms with Crippen LogP contribution in [0.25, 0.3) is 0 Å². The Kier molecular flexibility index (Phi) is 5.77. The normalized spacial score (nSPS) is 12.8. The summed E-state index contributed by atoms with van der Waals surface area (Å²) in [6.07, 6.45) is -4.75. The molecule has 0 amide bonds. The summed E-state index contributed by atoms with van der Waals surface area (Å²) in [6.45, 7) is -1.77. The van der Waals surface area contributed by atoms with E-state index in [9.17, 15) is 38.8 Å². The van der Waals surface area contributed by atoms with Gasteiger partial charge in [0.25, 0.3) is 10.0 Å². The van der Waals surface area contributed by atoms with Crippen LogP contribution in [-0.2, 0) is 20.0 Å². The Hall–Kier alpha value is -2.25. The topological polar surface area (TPSA) is 92.3 Å². The van der Waals surface area contributed by atoms with E-state index in [1.54, 1.807) is 0 Å². The minimum atomic E-state index is -4.75. The predicted octanol–water partition coefficient (Wildman–Crippen LogP) is 2.61. The molecule has 0 saturated carbocycles. The van der Waals surface area contributed by atoms with Crippen molar-refractivity contribution in [2.24, 2.45) is 0 Å². The van der Waals surface area contributed by atoms with E-state index in [4.69, 9.17) is 0 Å². The molecular weight excluding hydrogens is 419 g/mol. The highest BCUT2D eigenvalue weighted by Crippen LogP contribution is 2.21.